The number of nitrogens with two attached hydrogens (primary N) is 1. The molecule has 19 heavy (non-hydrogen) atoms. The second-order valence-electron chi connectivity index (χ2n) is 4.18. The zero-order valence-electron chi connectivity index (χ0n) is 11.5. The summed E-state index contributed by atoms with van der Waals surface area (Å²) in [6.45, 7) is 0.852. The van der Waals surface area contributed by atoms with Gasteiger partial charge in [-0.15, -0.1) is 0 Å². The maximum Gasteiger partial charge on any atom is 0.257 e. The SMILES string of the molecule is CNC(=O)c1c(N)nsc1NCCCCCCSC. The lowest BCUT2D eigenvalue weighted by Gasteiger charge is -2.06. The lowest BCUT2D eigenvalue weighted by atomic mass is 10.2. The molecule has 0 radical (unpaired) electrons. The van der Waals surface area contributed by atoms with Crippen molar-refractivity contribution in [2.24, 2.45) is 0 Å². The van der Waals surface area contributed by atoms with E-state index in [-0.39, 0.29) is 5.91 Å². The maximum atomic E-state index is 11.7. The summed E-state index contributed by atoms with van der Waals surface area (Å²) in [5.74, 6) is 1.35. The Hall–Kier alpha value is -0.950. The van der Waals surface area contributed by atoms with E-state index in [1.54, 1.807) is 7.05 Å². The van der Waals surface area contributed by atoms with Crippen LogP contribution in [-0.4, -0.2) is 35.9 Å². The number of anilines is 2. The molecule has 0 aliphatic heterocycles. The van der Waals surface area contributed by atoms with Crippen molar-refractivity contribution in [3.05, 3.63) is 5.56 Å². The van der Waals surface area contributed by atoms with Crippen LogP contribution in [0.1, 0.15) is 36.0 Å². The van der Waals surface area contributed by atoms with Gasteiger partial charge >= 0.3 is 0 Å². The molecule has 0 fully saturated rings. The van der Waals surface area contributed by atoms with Gasteiger partial charge in [0.2, 0.25) is 0 Å². The van der Waals surface area contributed by atoms with Crippen LogP contribution >= 0.6 is 23.3 Å². The molecular formula is C12H22N4OS2. The maximum absolute atomic E-state index is 11.7. The third-order valence-corrected chi connectivity index (χ3v) is 4.25. The molecule has 0 unspecified atom stereocenters. The predicted octanol–water partition coefficient (Wildman–Crippen LogP) is 2.42. The number of nitrogen functional groups attached to an aromatic ring is 1. The summed E-state index contributed by atoms with van der Waals surface area (Å²) < 4.78 is 4.02. The molecule has 1 aromatic rings. The van der Waals surface area contributed by atoms with Crippen LogP contribution in [0.25, 0.3) is 0 Å². The third-order valence-electron chi connectivity index (χ3n) is 2.73. The van der Waals surface area contributed by atoms with Crippen molar-refractivity contribution in [3.63, 3.8) is 0 Å². The van der Waals surface area contributed by atoms with Crippen molar-refractivity contribution >= 4 is 40.0 Å². The molecule has 0 saturated carbocycles. The van der Waals surface area contributed by atoms with Crippen LogP contribution in [0.2, 0.25) is 0 Å². The average molecular weight is 302 g/mol. The minimum absolute atomic E-state index is 0.186. The van der Waals surface area contributed by atoms with Crippen molar-refractivity contribution in [3.8, 4) is 0 Å². The Morgan fingerprint density at radius 1 is 1.37 bits per heavy atom. The summed E-state index contributed by atoms with van der Waals surface area (Å²) >= 11 is 3.13. The highest BCUT2D eigenvalue weighted by Crippen LogP contribution is 2.26. The molecule has 0 bridgehead atoms. The van der Waals surface area contributed by atoms with Crippen LogP contribution in [0.3, 0.4) is 0 Å². The number of aromatic nitrogens is 1. The van der Waals surface area contributed by atoms with Crippen molar-refractivity contribution in [2.75, 3.05) is 36.7 Å². The van der Waals surface area contributed by atoms with Crippen molar-refractivity contribution in [1.82, 2.24) is 9.69 Å². The first-order valence-electron chi connectivity index (χ1n) is 6.40. The molecule has 1 rings (SSSR count). The largest absolute Gasteiger partial charge is 0.382 e. The number of thioether (sulfide) groups is 1. The topological polar surface area (TPSA) is 80.0 Å². The molecule has 0 aliphatic carbocycles. The van der Waals surface area contributed by atoms with Gasteiger partial charge in [0.15, 0.2) is 5.82 Å². The lowest BCUT2D eigenvalue weighted by molar-refractivity contribution is 0.0965. The van der Waals surface area contributed by atoms with Crippen LogP contribution < -0.4 is 16.4 Å². The molecule has 1 amide bonds. The Labute approximate surface area is 122 Å². The first-order chi connectivity index (χ1) is 9.20. The van der Waals surface area contributed by atoms with Crippen LogP contribution in [0.15, 0.2) is 0 Å². The van der Waals surface area contributed by atoms with E-state index in [1.807, 2.05) is 11.8 Å². The number of nitrogens with zero attached hydrogens (tertiary/aromatic N) is 1. The zero-order chi connectivity index (χ0) is 14.1. The van der Waals surface area contributed by atoms with E-state index < -0.39 is 0 Å². The fourth-order valence-corrected chi connectivity index (χ4v) is 2.92. The first kappa shape index (κ1) is 16.1. The van der Waals surface area contributed by atoms with Gasteiger partial charge in [-0.05, 0) is 36.4 Å². The Bertz CT molecular complexity index is 395. The van der Waals surface area contributed by atoms with Crippen LogP contribution in [-0.2, 0) is 0 Å². The number of carbonyl (C=O) groups is 1. The van der Waals surface area contributed by atoms with Gasteiger partial charge in [-0.25, -0.2) is 0 Å². The van der Waals surface area contributed by atoms with Crippen LogP contribution in [0.5, 0.6) is 0 Å². The Morgan fingerprint density at radius 2 is 2.11 bits per heavy atom. The Balaban J connectivity index is 2.31. The number of unbranched alkanes of at least 4 members (excludes halogenated alkanes) is 3. The summed E-state index contributed by atoms with van der Waals surface area (Å²) in [6, 6.07) is 0. The molecule has 108 valence electrons. The third kappa shape index (κ3) is 5.28. The number of hydrogen-bond acceptors (Lipinski definition) is 6. The fraction of sp³-hybridized carbons (Fsp3) is 0.667. The summed E-state index contributed by atoms with van der Waals surface area (Å²) in [5, 5.41) is 6.59. The smallest absolute Gasteiger partial charge is 0.257 e. The second kappa shape index (κ2) is 9.03. The van der Waals surface area contributed by atoms with E-state index in [0.29, 0.717) is 11.4 Å². The minimum Gasteiger partial charge on any atom is -0.382 e. The average Bonchev–Trinajstić information content (AvgIpc) is 2.78. The van der Waals surface area contributed by atoms with Gasteiger partial charge in [-0.2, -0.15) is 16.1 Å². The van der Waals surface area contributed by atoms with Crippen molar-refractivity contribution in [1.29, 1.82) is 0 Å². The van der Waals surface area contributed by atoms with E-state index in [4.69, 9.17) is 5.73 Å². The monoisotopic (exact) mass is 302 g/mol. The van der Waals surface area contributed by atoms with Gasteiger partial charge in [0, 0.05) is 13.6 Å². The van der Waals surface area contributed by atoms with E-state index >= 15 is 0 Å². The van der Waals surface area contributed by atoms with Crippen LogP contribution in [0, 0.1) is 0 Å². The molecule has 0 saturated heterocycles. The fourth-order valence-electron chi connectivity index (χ4n) is 1.69. The second-order valence-corrected chi connectivity index (χ2v) is 5.94. The first-order valence-corrected chi connectivity index (χ1v) is 8.57. The Kier molecular flexibility index (Phi) is 7.66. The molecule has 0 spiro atoms. The van der Waals surface area contributed by atoms with Gasteiger partial charge in [-0.3, -0.25) is 4.79 Å². The highest BCUT2D eigenvalue weighted by atomic mass is 32.2. The lowest BCUT2D eigenvalue weighted by Crippen LogP contribution is -2.20. The molecule has 1 heterocycles. The van der Waals surface area contributed by atoms with E-state index in [2.05, 4.69) is 21.3 Å². The highest BCUT2D eigenvalue weighted by molar-refractivity contribution is 7.98. The van der Waals surface area contributed by atoms with Gasteiger partial charge in [-0.1, -0.05) is 12.8 Å². The predicted molar refractivity (Wildman–Crippen MR) is 85.3 cm³/mol. The quantitative estimate of drug-likeness (QED) is 0.610. The summed E-state index contributed by atoms with van der Waals surface area (Å²) in [7, 11) is 1.59. The molecule has 4 N–H and O–H groups in total. The minimum atomic E-state index is -0.186. The zero-order valence-corrected chi connectivity index (χ0v) is 13.1. The van der Waals surface area contributed by atoms with E-state index in [0.717, 1.165) is 18.0 Å². The molecule has 1 aromatic heterocycles. The number of nitrogens with one attached hydrogen (secondary N) is 2. The molecular weight excluding hydrogens is 280 g/mol. The normalized spacial score (nSPS) is 10.4. The molecule has 5 nitrogen and oxygen atoms in total. The molecule has 0 aliphatic rings. The summed E-state index contributed by atoms with van der Waals surface area (Å²) in [6.07, 6.45) is 6.97. The van der Waals surface area contributed by atoms with Crippen molar-refractivity contribution in [2.45, 2.75) is 25.7 Å². The summed E-state index contributed by atoms with van der Waals surface area (Å²) in [4.78, 5) is 11.7. The molecule has 0 aromatic carbocycles. The molecule has 7 heteroatoms. The van der Waals surface area contributed by atoms with E-state index in [9.17, 15) is 4.79 Å². The van der Waals surface area contributed by atoms with Gasteiger partial charge in [0.1, 0.15) is 10.6 Å². The molecule has 0 atom stereocenters. The summed E-state index contributed by atoms with van der Waals surface area (Å²) in [5.41, 5.74) is 6.17. The van der Waals surface area contributed by atoms with E-state index in [1.165, 1.54) is 36.5 Å². The number of amides is 1. The number of carbonyl (C=O) groups excluding carboxylic acids is 1. The van der Waals surface area contributed by atoms with Gasteiger partial charge in [0.05, 0.1) is 0 Å². The standard InChI is InChI=1S/C12H22N4OS2/c1-14-11(17)9-10(13)16-19-12(9)15-7-5-3-4-6-8-18-2/h15H,3-8H2,1-2H3,(H2,13,16)(H,14,17). The number of hydrogen-bond donors (Lipinski definition) is 3. The number of rotatable bonds is 9. The van der Waals surface area contributed by atoms with Crippen molar-refractivity contribution < 1.29 is 4.79 Å². The highest BCUT2D eigenvalue weighted by Gasteiger charge is 2.17. The van der Waals surface area contributed by atoms with Gasteiger partial charge in [0.25, 0.3) is 5.91 Å². The van der Waals surface area contributed by atoms with Crippen LogP contribution in [0.4, 0.5) is 10.8 Å². The van der Waals surface area contributed by atoms with Gasteiger partial charge < -0.3 is 16.4 Å². The Morgan fingerprint density at radius 3 is 2.79 bits per heavy atom.